The summed E-state index contributed by atoms with van der Waals surface area (Å²) in [5, 5.41) is 0.240. The third kappa shape index (κ3) is 4.51. The van der Waals surface area contributed by atoms with Gasteiger partial charge < -0.3 is 9.64 Å². The van der Waals surface area contributed by atoms with E-state index in [0.717, 1.165) is 6.07 Å². The molecule has 1 fully saturated rings. The Balaban J connectivity index is 2.18. The van der Waals surface area contributed by atoms with Crippen LogP contribution in [0.25, 0.3) is 0 Å². The molecule has 1 aromatic rings. The highest BCUT2D eigenvalue weighted by Gasteiger charge is 2.30. The highest BCUT2D eigenvalue weighted by Crippen LogP contribution is 2.31. The van der Waals surface area contributed by atoms with E-state index in [9.17, 15) is 14.0 Å². The minimum atomic E-state index is -0.651. The molecule has 0 aromatic heterocycles. The van der Waals surface area contributed by atoms with Crippen LogP contribution >= 0.6 is 23.2 Å². The van der Waals surface area contributed by atoms with E-state index in [1.165, 1.54) is 15.9 Å². The lowest BCUT2D eigenvalue weighted by molar-refractivity contribution is -0.119. The normalized spacial score (nSPS) is 16.2. The standard InChI is InChI=1S/C16H19Cl2FN2O3/c1-16(2,3)24-15(23)20-5-4-6-21(14(22)9-20)13-8-11(18)10(17)7-12(13)19/h7-8H,4-6,9H2,1-3H3. The molecule has 0 radical (unpaired) electrons. The smallest absolute Gasteiger partial charge is 0.410 e. The zero-order chi connectivity index (χ0) is 18.1. The van der Waals surface area contributed by atoms with Crippen molar-refractivity contribution < 1.29 is 18.7 Å². The van der Waals surface area contributed by atoms with Crippen LogP contribution in [0.15, 0.2) is 12.1 Å². The van der Waals surface area contributed by atoms with Crippen LogP contribution < -0.4 is 4.90 Å². The third-order valence-electron chi connectivity index (χ3n) is 3.37. The van der Waals surface area contributed by atoms with E-state index in [4.69, 9.17) is 27.9 Å². The van der Waals surface area contributed by atoms with Gasteiger partial charge in [-0.1, -0.05) is 23.2 Å². The van der Waals surface area contributed by atoms with Crippen LogP contribution in [0, 0.1) is 5.82 Å². The van der Waals surface area contributed by atoms with Crippen molar-refractivity contribution in [3.63, 3.8) is 0 Å². The number of halogens is 3. The van der Waals surface area contributed by atoms with Gasteiger partial charge >= 0.3 is 6.09 Å². The summed E-state index contributed by atoms with van der Waals surface area (Å²) >= 11 is 11.7. The van der Waals surface area contributed by atoms with Crippen molar-refractivity contribution in [3.05, 3.63) is 28.0 Å². The first-order valence-electron chi connectivity index (χ1n) is 7.51. The maximum Gasteiger partial charge on any atom is 0.410 e. The Kier molecular flexibility index (Phi) is 5.60. The van der Waals surface area contributed by atoms with E-state index in [1.54, 1.807) is 20.8 Å². The van der Waals surface area contributed by atoms with Crippen LogP contribution in [0.1, 0.15) is 27.2 Å². The highest BCUT2D eigenvalue weighted by molar-refractivity contribution is 6.42. The van der Waals surface area contributed by atoms with E-state index in [2.05, 4.69) is 0 Å². The minimum Gasteiger partial charge on any atom is -0.444 e. The summed E-state index contributed by atoms with van der Waals surface area (Å²) in [6.45, 7) is 5.69. The highest BCUT2D eigenvalue weighted by atomic mass is 35.5. The van der Waals surface area contributed by atoms with E-state index in [-0.39, 0.29) is 28.8 Å². The summed E-state index contributed by atoms with van der Waals surface area (Å²) in [7, 11) is 0. The summed E-state index contributed by atoms with van der Waals surface area (Å²) in [4.78, 5) is 27.2. The van der Waals surface area contributed by atoms with Gasteiger partial charge in [-0.25, -0.2) is 9.18 Å². The maximum absolute atomic E-state index is 14.2. The summed E-state index contributed by atoms with van der Waals surface area (Å²) in [6.07, 6.45) is -0.0719. The second-order valence-corrected chi connectivity index (χ2v) is 7.33. The van der Waals surface area contributed by atoms with Gasteiger partial charge in [-0.3, -0.25) is 9.69 Å². The van der Waals surface area contributed by atoms with Crippen LogP contribution in [0.5, 0.6) is 0 Å². The quantitative estimate of drug-likeness (QED) is 0.693. The molecule has 0 bridgehead atoms. The Morgan fingerprint density at radius 2 is 1.83 bits per heavy atom. The number of benzene rings is 1. The van der Waals surface area contributed by atoms with Gasteiger partial charge in [-0.15, -0.1) is 0 Å². The average molecular weight is 377 g/mol. The molecule has 132 valence electrons. The van der Waals surface area contributed by atoms with Crippen molar-refractivity contribution in [3.8, 4) is 0 Å². The van der Waals surface area contributed by atoms with Crippen molar-refractivity contribution in [1.29, 1.82) is 0 Å². The fourth-order valence-electron chi connectivity index (χ4n) is 2.33. The predicted octanol–water partition coefficient (Wildman–Crippen LogP) is 4.11. The van der Waals surface area contributed by atoms with Gasteiger partial charge in [-0.2, -0.15) is 0 Å². The molecule has 2 amide bonds. The molecule has 1 heterocycles. The van der Waals surface area contributed by atoms with Gasteiger partial charge in [0.15, 0.2) is 0 Å². The molecule has 1 aliphatic heterocycles. The Bertz CT molecular complexity index is 661. The molecule has 1 aromatic carbocycles. The number of nitrogens with zero attached hydrogens (tertiary/aromatic N) is 2. The Morgan fingerprint density at radius 1 is 1.21 bits per heavy atom. The maximum atomic E-state index is 14.2. The molecule has 0 N–H and O–H groups in total. The lowest BCUT2D eigenvalue weighted by Crippen LogP contribution is -2.42. The number of hydrogen-bond donors (Lipinski definition) is 0. The number of hydrogen-bond acceptors (Lipinski definition) is 3. The van der Waals surface area contributed by atoms with Gasteiger partial charge in [0.2, 0.25) is 5.91 Å². The van der Waals surface area contributed by atoms with Crippen molar-refractivity contribution in [2.75, 3.05) is 24.5 Å². The molecule has 0 unspecified atom stereocenters. The Morgan fingerprint density at radius 3 is 2.46 bits per heavy atom. The number of carbonyl (C=O) groups excluding carboxylic acids is 2. The van der Waals surface area contributed by atoms with Crippen molar-refractivity contribution in [1.82, 2.24) is 4.90 Å². The SMILES string of the molecule is CC(C)(C)OC(=O)N1CCCN(c2cc(Cl)c(Cl)cc2F)C(=O)C1. The van der Waals surface area contributed by atoms with Gasteiger partial charge in [0.05, 0.1) is 15.7 Å². The van der Waals surface area contributed by atoms with E-state index in [0.29, 0.717) is 13.0 Å². The van der Waals surface area contributed by atoms with E-state index in [1.807, 2.05) is 0 Å². The van der Waals surface area contributed by atoms with Crippen molar-refractivity contribution in [2.45, 2.75) is 32.8 Å². The van der Waals surface area contributed by atoms with Gasteiger partial charge in [0.25, 0.3) is 0 Å². The van der Waals surface area contributed by atoms with Crippen LogP contribution in [0.4, 0.5) is 14.9 Å². The van der Waals surface area contributed by atoms with Crippen LogP contribution in [0.3, 0.4) is 0 Å². The fourth-order valence-corrected chi connectivity index (χ4v) is 2.64. The summed E-state index contributed by atoms with van der Waals surface area (Å²) < 4.78 is 19.4. The average Bonchev–Trinajstić information content (AvgIpc) is 2.63. The molecule has 0 saturated carbocycles. The Hall–Kier alpha value is -1.53. The van der Waals surface area contributed by atoms with Gasteiger partial charge in [0, 0.05) is 13.1 Å². The van der Waals surface area contributed by atoms with Crippen LogP contribution in [0.2, 0.25) is 10.0 Å². The van der Waals surface area contributed by atoms with Crippen LogP contribution in [-0.4, -0.2) is 42.1 Å². The molecule has 8 heteroatoms. The molecule has 0 aliphatic carbocycles. The zero-order valence-electron chi connectivity index (χ0n) is 13.7. The number of rotatable bonds is 1. The first kappa shape index (κ1) is 18.8. The molecule has 24 heavy (non-hydrogen) atoms. The van der Waals surface area contributed by atoms with Gasteiger partial charge in [-0.05, 0) is 39.3 Å². The first-order valence-corrected chi connectivity index (χ1v) is 8.27. The van der Waals surface area contributed by atoms with Crippen LogP contribution in [-0.2, 0) is 9.53 Å². The Labute approximate surface area is 150 Å². The lowest BCUT2D eigenvalue weighted by atomic mass is 10.2. The number of amides is 2. The zero-order valence-corrected chi connectivity index (χ0v) is 15.2. The molecular weight excluding hydrogens is 358 g/mol. The fraction of sp³-hybridized carbons (Fsp3) is 0.500. The summed E-state index contributed by atoms with van der Waals surface area (Å²) in [5.41, 5.74) is -0.595. The lowest BCUT2D eigenvalue weighted by Gasteiger charge is -2.26. The number of carbonyl (C=O) groups is 2. The molecular formula is C16H19Cl2FN2O3. The second kappa shape index (κ2) is 7.15. The minimum absolute atomic E-state index is 0.0560. The number of anilines is 1. The molecule has 2 rings (SSSR count). The second-order valence-electron chi connectivity index (χ2n) is 6.52. The molecule has 0 spiro atoms. The summed E-state index contributed by atoms with van der Waals surface area (Å²) in [5.74, 6) is -1.04. The monoisotopic (exact) mass is 376 g/mol. The first-order chi connectivity index (χ1) is 11.1. The molecule has 1 aliphatic rings. The van der Waals surface area contributed by atoms with Crippen molar-refractivity contribution in [2.24, 2.45) is 0 Å². The third-order valence-corrected chi connectivity index (χ3v) is 4.09. The molecule has 0 atom stereocenters. The topological polar surface area (TPSA) is 49.9 Å². The molecule has 5 nitrogen and oxygen atoms in total. The number of ether oxygens (including phenoxy) is 1. The largest absolute Gasteiger partial charge is 0.444 e. The van der Waals surface area contributed by atoms with Gasteiger partial charge in [0.1, 0.15) is 18.0 Å². The molecule has 1 saturated heterocycles. The predicted molar refractivity (Wildman–Crippen MR) is 91.2 cm³/mol. The van der Waals surface area contributed by atoms with Crippen molar-refractivity contribution >= 4 is 40.9 Å². The summed E-state index contributed by atoms with van der Waals surface area (Å²) in [6, 6.07) is 2.39. The van der Waals surface area contributed by atoms with E-state index >= 15 is 0 Å². The van der Waals surface area contributed by atoms with E-state index < -0.39 is 23.4 Å².